The molecular formula is C11H15NO3S. The van der Waals surface area contributed by atoms with Gasteiger partial charge in [0, 0.05) is 13.6 Å². The molecule has 1 aromatic rings. The number of hydrogen-bond acceptors (Lipinski definition) is 4. The Balaban J connectivity index is 2.55. The van der Waals surface area contributed by atoms with Gasteiger partial charge in [-0.25, -0.2) is 0 Å². The van der Waals surface area contributed by atoms with Crippen LogP contribution in [0.25, 0.3) is 0 Å². The molecule has 1 rings (SSSR count). The summed E-state index contributed by atoms with van der Waals surface area (Å²) in [5.41, 5.74) is 0.972. The summed E-state index contributed by atoms with van der Waals surface area (Å²) >= 11 is 1.42. The van der Waals surface area contributed by atoms with Gasteiger partial charge in [0.15, 0.2) is 0 Å². The molecule has 0 N–H and O–H groups in total. The van der Waals surface area contributed by atoms with Gasteiger partial charge in [-0.3, -0.25) is 9.59 Å². The minimum absolute atomic E-state index is 0.0450. The summed E-state index contributed by atoms with van der Waals surface area (Å²) in [6, 6.07) is 1.91. The fourth-order valence-electron chi connectivity index (χ4n) is 1.23. The van der Waals surface area contributed by atoms with Crippen molar-refractivity contribution in [1.29, 1.82) is 0 Å². The van der Waals surface area contributed by atoms with Crippen LogP contribution in [0.4, 0.5) is 0 Å². The fourth-order valence-corrected chi connectivity index (χ4v) is 2.15. The molecule has 0 aromatic carbocycles. The lowest BCUT2D eigenvalue weighted by molar-refractivity contribution is -0.140. The summed E-state index contributed by atoms with van der Waals surface area (Å²) in [4.78, 5) is 25.1. The molecular weight excluding hydrogens is 226 g/mol. The molecule has 0 radical (unpaired) electrons. The van der Waals surface area contributed by atoms with Crippen LogP contribution in [0, 0.1) is 6.92 Å². The Morgan fingerprint density at radius 2 is 2.19 bits per heavy atom. The molecule has 1 amide bonds. The molecule has 16 heavy (non-hydrogen) atoms. The summed E-state index contributed by atoms with van der Waals surface area (Å²) in [5, 5.41) is 1.89. The molecule has 0 saturated heterocycles. The van der Waals surface area contributed by atoms with E-state index in [4.69, 9.17) is 0 Å². The van der Waals surface area contributed by atoms with Gasteiger partial charge in [-0.1, -0.05) is 0 Å². The third-order valence-electron chi connectivity index (χ3n) is 2.28. The van der Waals surface area contributed by atoms with Crippen molar-refractivity contribution in [2.24, 2.45) is 0 Å². The molecule has 1 aromatic heterocycles. The molecule has 0 saturated carbocycles. The normalized spacial score (nSPS) is 9.94. The zero-order valence-corrected chi connectivity index (χ0v) is 10.5. The number of hydrogen-bond donors (Lipinski definition) is 0. The molecule has 0 spiro atoms. The molecule has 4 nitrogen and oxygen atoms in total. The molecule has 88 valence electrons. The maximum Gasteiger partial charge on any atom is 0.307 e. The average Bonchev–Trinajstić information content (AvgIpc) is 2.70. The predicted molar refractivity (Wildman–Crippen MR) is 62.6 cm³/mol. The number of ether oxygens (including phenoxy) is 1. The Hall–Kier alpha value is -1.36. The first-order valence-electron chi connectivity index (χ1n) is 4.92. The van der Waals surface area contributed by atoms with Crippen LogP contribution in [0.15, 0.2) is 11.4 Å². The second-order valence-electron chi connectivity index (χ2n) is 3.49. The molecule has 0 unspecified atom stereocenters. The molecule has 0 aliphatic carbocycles. The van der Waals surface area contributed by atoms with E-state index in [0.29, 0.717) is 6.54 Å². The van der Waals surface area contributed by atoms with Crippen LogP contribution in [0.5, 0.6) is 0 Å². The third-order valence-corrected chi connectivity index (χ3v) is 3.29. The number of carbonyl (C=O) groups is 2. The summed E-state index contributed by atoms with van der Waals surface area (Å²) in [7, 11) is 3.03. The number of thiophene rings is 1. The highest BCUT2D eigenvalue weighted by atomic mass is 32.1. The standard InChI is InChI=1S/C11H15NO3S/c1-8-5-7-16-10(8)11(14)12(2)6-4-9(13)15-3/h5,7H,4,6H2,1-3H3. The number of carbonyl (C=O) groups excluding carboxylic acids is 2. The van der Waals surface area contributed by atoms with Crippen molar-refractivity contribution < 1.29 is 14.3 Å². The van der Waals surface area contributed by atoms with Crippen LogP contribution < -0.4 is 0 Å². The van der Waals surface area contributed by atoms with Crippen LogP contribution >= 0.6 is 11.3 Å². The van der Waals surface area contributed by atoms with E-state index in [9.17, 15) is 9.59 Å². The minimum Gasteiger partial charge on any atom is -0.469 e. The van der Waals surface area contributed by atoms with E-state index in [2.05, 4.69) is 4.74 Å². The van der Waals surface area contributed by atoms with Crippen molar-refractivity contribution in [1.82, 2.24) is 4.90 Å². The van der Waals surface area contributed by atoms with E-state index >= 15 is 0 Å². The second-order valence-corrected chi connectivity index (χ2v) is 4.40. The van der Waals surface area contributed by atoms with Gasteiger partial charge in [0.25, 0.3) is 5.91 Å². The van der Waals surface area contributed by atoms with Crippen molar-refractivity contribution in [2.75, 3.05) is 20.7 Å². The number of amides is 1. The van der Waals surface area contributed by atoms with Crippen LogP contribution in [0.2, 0.25) is 0 Å². The Morgan fingerprint density at radius 1 is 1.50 bits per heavy atom. The molecule has 0 fully saturated rings. The van der Waals surface area contributed by atoms with E-state index in [0.717, 1.165) is 10.4 Å². The SMILES string of the molecule is COC(=O)CCN(C)C(=O)c1sccc1C. The first-order valence-corrected chi connectivity index (χ1v) is 5.80. The van der Waals surface area contributed by atoms with Gasteiger partial charge in [0.1, 0.15) is 0 Å². The summed E-state index contributed by atoms with van der Waals surface area (Å²) < 4.78 is 4.52. The zero-order valence-electron chi connectivity index (χ0n) is 9.65. The quantitative estimate of drug-likeness (QED) is 0.754. The number of esters is 1. The highest BCUT2D eigenvalue weighted by Gasteiger charge is 2.16. The third kappa shape index (κ3) is 3.06. The van der Waals surface area contributed by atoms with E-state index in [1.165, 1.54) is 23.3 Å². The number of rotatable bonds is 4. The topological polar surface area (TPSA) is 46.6 Å². The summed E-state index contributed by atoms with van der Waals surface area (Å²) in [6.07, 6.45) is 0.225. The van der Waals surface area contributed by atoms with E-state index in [-0.39, 0.29) is 18.3 Å². The summed E-state index contributed by atoms with van der Waals surface area (Å²) in [5.74, 6) is -0.348. The van der Waals surface area contributed by atoms with Gasteiger partial charge >= 0.3 is 5.97 Å². The molecule has 0 aliphatic heterocycles. The van der Waals surface area contributed by atoms with Crippen LogP contribution in [-0.2, 0) is 9.53 Å². The smallest absolute Gasteiger partial charge is 0.307 e. The van der Waals surface area contributed by atoms with Crippen LogP contribution in [0.1, 0.15) is 21.7 Å². The van der Waals surface area contributed by atoms with Gasteiger partial charge in [-0.05, 0) is 23.9 Å². The largest absolute Gasteiger partial charge is 0.469 e. The van der Waals surface area contributed by atoms with E-state index < -0.39 is 0 Å². The van der Waals surface area contributed by atoms with Crippen molar-refractivity contribution in [3.63, 3.8) is 0 Å². The molecule has 5 heteroatoms. The van der Waals surface area contributed by atoms with Crippen molar-refractivity contribution >= 4 is 23.2 Å². The van der Waals surface area contributed by atoms with Crippen molar-refractivity contribution in [3.05, 3.63) is 21.9 Å². The highest BCUT2D eigenvalue weighted by Crippen LogP contribution is 2.17. The Kier molecular flexibility index (Phi) is 4.49. The lowest BCUT2D eigenvalue weighted by atomic mass is 10.2. The Morgan fingerprint density at radius 3 is 2.69 bits per heavy atom. The monoisotopic (exact) mass is 241 g/mol. The van der Waals surface area contributed by atoms with Gasteiger partial charge in [0.05, 0.1) is 18.4 Å². The van der Waals surface area contributed by atoms with Crippen molar-refractivity contribution in [3.8, 4) is 0 Å². The molecule has 0 bridgehead atoms. The zero-order chi connectivity index (χ0) is 12.1. The molecule has 0 aliphatic rings. The molecule has 1 heterocycles. The predicted octanol–water partition coefficient (Wildman–Crippen LogP) is 1.69. The van der Waals surface area contributed by atoms with Crippen molar-refractivity contribution in [2.45, 2.75) is 13.3 Å². The molecule has 0 atom stereocenters. The number of methoxy groups -OCH3 is 1. The lowest BCUT2D eigenvalue weighted by Gasteiger charge is -2.15. The van der Waals surface area contributed by atoms with Gasteiger partial charge in [-0.2, -0.15) is 0 Å². The maximum atomic E-state index is 11.9. The van der Waals surface area contributed by atoms with E-state index in [1.54, 1.807) is 7.05 Å². The fraction of sp³-hybridized carbons (Fsp3) is 0.455. The minimum atomic E-state index is -0.303. The average molecular weight is 241 g/mol. The lowest BCUT2D eigenvalue weighted by Crippen LogP contribution is -2.29. The van der Waals surface area contributed by atoms with E-state index in [1.807, 2.05) is 18.4 Å². The Bertz CT molecular complexity index is 386. The Labute approximate surface area is 98.8 Å². The van der Waals surface area contributed by atoms with Gasteiger partial charge < -0.3 is 9.64 Å². The highest BCUT2D eigenvalue weighted by molar-refractivity contribution is 7.12. The number of aryl methyl sites for hydroxylation is 1. The maximum absolute atomic E-state index is 11.9. The van der Waals surface area contributed by atoms with Gasteiger partial charge in [-0.15, -0.1) is 11.3 Å². The van der Waals surface area contributed by atoms with Crippen LogP contribution in [-0.4, -0.2) is 37.5 Å². The van der Waals surface area contributed by atoms with Crippen LogP contribution in [0.3, 0.4) is 0 Å². The first-order chi connectivity index (χ1) is 7.56. The first kappa shape index (κ1) is 12.7. The number of nitrogens with zero attached hydrogens (tertiary/aromatic N) is 1. The summed E-state index contributed by atoms with van der Waals surface area (Å²) in [6.45, 7) is 2.28. The second kappa shape index (κ2) is 5.65. The van der Waals surface area contributed by atoms with Gasteiger partial charge in [0.2, 0.25) is 0 Å².